The predicted molar refractivity (Wildman–Crippen MR) is 66.5 cm³/mol. The maximum Gasteiger partial charge on any atom is 0.277 e. The second-order valence-corrected chi connectivity index (χ2v) is 3.60. The lowest BCUT2D eigenvalue weighted by Crippen LogP contribution is -2.05. The molecule has 17 heavy (non-hydrogen) atoms. The molecular formula is C14H11NO2. The van der Waals surface area contributed by atoms with E-state index in [0.29, 0.717) is 29.5 Å². The maximum absolute atomic E-state index is 11.9. The molecule has 1 aliphatic rings. The highest BCUT2D eigenvalue weighted by Crippen LogP contribution is 2.09. The van der Waals surface area contributed by atoms with Gasteiger partial charge in [0.1, 0.15) is 0 Å². The average Bonchev–Trinajstić information content (AvgIpc) is 2.40. The molecule has 0 aliphatic heterocycles. The Morgan fingerprint density at radius 3 is 2.76 bits per heavy atom. The molecule has 0 N–H and O–H groups in total. The van der Waals surface area contributed by atoms with E-state index < -0.39 is 0 Å². The molecule has 84 valence electrons. The zero-order valence-electron chi connectivity index (χ0n) is 9.17. The van der Waals surface area contributed by atoms with Gasteiger partial charge in [0.2, 0.25) is 0 Å². The Morgan fingerprint density at radius 1 is 1.24 bits per heavy atom. The summed E-state index contributed by atoms with van der Waals surface area (Å²) in [5.74, 6) is -0.373. The molecule has 1 aromatic rings. The van der Waals surface area contributed by atoms with Crippen LogP contribution in [0.1, 0.15) is 27.1 Å². The third-order valence-corrected chi connectivity index (χ3v) is 2.43. The lowest BCUT2D eigenvalue weighted by atomic mass is 10.1. The Morgan fingerprint density at radius 2 is 2.06 bits per heavy atom. The van der Waals surface area contributed by atoms with Crippen LogP contribution in [0.5, 0.6) is 0 Å². The van der Waals surface area contributed by atoms with Gasteiger partial charge in [0.15, 0.2) is 6.29 Å². The summed E-state index contributed by atoms with van der Waals surface area (Å²) in [4.78, 5) is 26.7. The van der Waals surface area contributed by atoms with Crippen LogP contribution in [-0.4, -0.2) is 17.9 Å². The standard InChI is InChI=1S/C14H11NO2/c16-10-11-6-4-5-9-13(11)14(17)15-12-7-2-1-3-8-12/h1-7,9-10H,8H2. The third kappa shape index (κ3) is 2.64. The summed E-state index contributed by atoms with van der Waals surface area (Å²) < 4.78 is 0. The fraction of sp³-hybridized carbons (Fsp3) is 0.0714. The van der Waals surface area contributed by atoms with E-state index in [2.05, 4.69) is 4.99 Å². The number of benzene rings is 1. The van der Waals surface area contributed by atoms with Gasteiger partial charge >= 0.3 is 0 Å². The van der Waals surface area contributed by atoms with Gasteiger partial charge in [-0.05, 0) is 12.1 Å². The number of carbonyl (C=O) groups is 2. The van der Waals surface area contributed by atoms with Crippen molar-refractivity contribution in [1.29, 1.82) is 0 Å². The summed E-state index contributed by atoms with van der Waals surface area (Å²) in [7, 11) is 0. The lowest BCUT2D eigenvalue weighted by Gasteiger charge is -2.02. The smallest absolute Gasteiger partial charge is 0.277 e. The van der Waals surface area contributed by atoms with Crippen LogP contribution in [0.2, 0.25) is 0 Å². The number of aldehydes is 1. The molecule has 0 spiro atoms. The molecule has 0 aromatic heterocycles. The van der Waals surface area contributed by atoms with Crippen molar-refractivity contribution in [2.24, 2.45) is 4.99 Å². The zero-order valence-corrected chi connectivity index (χ0v) is 9.17. The van der Waals surface area contributed by atoms with Gasteiger partial charge in [0.05, 0.1) is 5.56 Å². The quantitative estimate of drug-likeness (QED) is 0.726. The summed E-state index contributed by atoms with van der Waals surface area (Å²) in [5, 5.41) is 0. The maximum atomic E-state index is 11.9. The summed E-state index contributed by atoms with van der Waals surface area (Å²) in [6.07, 6.45) is 8.78. The monoisotopic (exact) mass is 225 g/mol. The molecule has 2 rings (SSSR count). The number of carbonyl (C=O) groups excluding carboxylic acids is 2. The largest absolute Gasteiger partial charge is 0.298 e. The van der Waals surface area contributed by atoms with Crippen LogP contribution in [0.15, 0.2) is 53.6 Å². The Kier molecular flexibility index (Phi) is 3.40. The normalized spacial score (nSPS) is 16.1. The van der Waals surface area contributed by atoms with Crippen LogP contribution in [0, 0.1) is 0 Å². The number of nitrogens with zero attached hydrogens (tertiary/aromatic N) is 1. The fourth-order valence-electron chi connectivity index (χ4n) is 1.57. The molecule has 0 atom stereocenters. The number of aliphatic imine (C=N–C) groups is 1. The molecule has 0 fully saturated rings. The van der Waals surface area contributed by atoms with Gasteiger partial charge < -0.3 is 0 Å². The van der Waals surface area contributed by atoms with Gasteiger partial charge in [-0.25, -0.2) is 4.99 Å². The first-order valence-corrected chi connectivity index (χ1v) is 5.30. The lowest BCUT2D eigenvalue weighted by molar-refractivity contribution is 0.0995. The molecule has 0 radical (unpaired) electrons. The molecule has 3 nitrogen and oxygen atoms in total. The molecule has 1 amide bonds. The Bertz CT molecular complexity index is 539. The van der Waals surface area contributed by atoms with Crippen molar-refractivity contribution in [2.45, 2.75) is 6.42 Å². The van der Waals surface area contributed by atoms with E-state index in [9.17, 15) is 9.59 Å². The van der Waals surface area contributed by atoms with E-state index in [0.717, 1.165) is 0 Å². The highest BCUT2D eigenvalue weighted by atomic mass is 16.1. The molecule has 0 heterocycles. The third-order valence-electron chi connectivity index (χ3n) is 2.43. The minimum atomic E-state index is -0.373. The second kappa shape index (κ2) is 5.16. The van der Waals surface area contributed by atoms with E-state index in [1.807, 2.05) is 18.2 Å². The van der Waals surface area contributed by atoms with Gasteiger partial charge in [0, 0.05) is 17.7 Å². The summed E-state index contributed by atoms with van der Waals surface area (Å²) in [5.41, 5.74) is 1.42. The molecule has 0 bridgehead atoms. The average molecular weight is 225 g/mol. The second-order valence-electron chi connectivity index (χ2n) is 3.60. The number of rotatable bonds is 2. The number of hydrogen-bond donors (Lipinski definition) is 0. The van der Waals surface area contributed by atoms with Crippen LogP contribution in [0.4, 0.5) is 0 Å². The molecule has 0 unspecified atom stereocenters. The molecule has 3 heteroatoms. The van der Waals surface area contributed by atoms with Crippen LogP contribution in [0.3, 0.4) is 0 Å². The van der Waals surface area contributed by atoms with E-state index in [-0.39, 0.29) is 5.91 Å². The first-order valence-electron chi connectivity index (χ1n) is 5.30. The molecule has 0 saturated carbocycles. The van der Waals surface area contributed by atoms with Crippen LogP contribution in [-0.2, 0) is 0 Å². The highest BCUT2D eigenvalue weighted by Gasteiger charge is 2.10. The minimum Gasteiger partial charge on any atom is -0.298 e. The Labute approximate surface area is 99.2 Å². The van der Waals surface area contributed by atoms with E-state index in [1.165, 1.54) is 0 Å². The van der Waals surface area contributed by atoms with Crippen molar-refractivity contribution in [3.63, 3.8) is 0 Å². The van der Waals surface area contributed by atoms with Crippen LogP contribution < -0.4 is 0 Å². The summed E-state index contributed by atoms with van der Waals surface area (Å²) in [6.45, 7) is 0. The summed E-state index contributed by atoms with van der Waals surface area (Å²) in [6, 6.07) is 6.66. The van der Waals surface area contributed by atoms with Crippen molar-refractivity contribution in [2.75, 3.05) is 0 Å². The fourth-order valence-corrected chi connectivity index (χ4v) is 1.57. The van der Waals surface area contributed by atoms with Gasteiger partial charge in [-0.2, -0.15) is 0 Å². The van der Waals surface area contributed by atoms with Crippen molar-refractivity contribution in [3.05, 3.63) is 59.7 Å². The van der Waals surface area contributed by atoms with Crippen molar-refractivity contribution >= 4 is 17.9 Å². The van der Waals surface area contributed by atoms with Gasteiger partial charge in [-0.3, -0.25) is 9.59 Å². The van der Waals surface area contributed by atoms with Crippen LogP contribution >= 0.6 is 0 Å². The zero-order chi connectivity index (χ0) is 12.1. The van der Waals surface area contributed by atoms with Gasteiger partial charge in [-0.15, -0.1) is 0 Å². The summed E-state index contributed by atoms with van der Waals surface area (Å²) >= 11 is 0. The highest BCUT2D eigenvalue weighted by molar-refractivity contribution is 6.11. The van der Waals surface area contributed by atoms with Crippen molar-refractivity contribution in [3.8, 4) is 0 Å². The van der Waals surface area contributed by atoms with Crippen molar-refractivity contribution in [1.82, 2.24) is 0 Å². The minimum absolute atomic E-state index is 0.345. The Balaban J connectivity index is 2.28. The molecule has 1 aromatic carbocycles. The molecule has 1 aliphatic carbocycles. The van der Waals surface area contributed by atoms with Crippen LogP contribution in [0.25, 0.3) is 0 Å². The topological polar surface area (TPSA) is 46.5 Å². The van der Waals surface area contributed by atoms with E-state index in [4.69, 9.17) is 0 Å². The van der Waals surface area contributed by atoms with E-state index in [1.54, 1.807) is 30.3 Å². The first kappa shape index (κ1) is 11.2. The Hall–Kier alpha value is -2.29. The number of amides is 1. The molecular weight excluding hydrogens is 214 g/mol. The SMILES string of the molecule is O=Cc1ccccc1C(=O)N=C1C=CC=CC1. The number of hydrogen-bond acceptors (Lipinski definition) is 2. The predicted octanol–water partition coefficient (Wildman–Crippen LogP) is 2.60. The van der Waals surface area contributed by atoms with Gasteiger partial charge in [0.25, 0.3) is 5.91 Å². The molecule has 0 saturated heterocycles. The van der Waals surface area contributed by atoms with Gasteiger partial charge in [-0.1, -0.05) is 36.4 Å². The first-order chi connectivity index (χ1) is 8.31. The number of allylic oxidation sites excluding steroid dienone is 4. The van der Waals surface area contributed by atoms with E-state index >= 15 is 0 Å². The van der Waals surface area contributed by atoms with Crippen molar-refractivity contribution < 1.29 is 9.59 Å².